The van der Waals surface area contributed by atoms with Gasteiger partial charge in [0.15, 0.2) is 0 Å². The Hall–Kier alpha value is -0.170. The van der Waals surface area contributed by atoms with Gasteiger partial charge in [-0.1, -0.05) is 6.92 Å². The minimum absolute atomic E-state index is 0.174. The lowest BCUT2D eigenvalue weighted by atomic mass is 9.93. The molecule has 2 heterocycles. The second-order valence-corrected chi connectivity index (χ2v) is 7.01. The molecule has 2 fully saturated rings. The van der Waals surface area contributed by atoms with Crippen LogP contribution in [0.2, 0.25) is 0 Å². The molecule has 1 N–H and O–H groups in total. The summed E-state index contributed by atoms with van der Waals surface area (Å²) in [6.07, 6.45) is 0.899. The van der Waals surface area contributed by atoms with Crippen LogP contribution in [-0.2, 0) is 10.2 Å². The summed E-state index contributed by atoms with van der Waals surface area (Å²) in [5, 5.41) is 3.35. The lowest BCUT2D eigenvalue weighted by molar-refractivity contribution is 0.311. The molecule has 0 saturated carbocycles. The summed E-state index contributed by atoms with van der Waals surface area (Å²) in [4.78, 5) is 0. The molecule has 0 amide bonds. The van der Waals surface area contributed by atoms with Gasteiger partial charge in [0.1, 0.15) is 0 Å². The smallest absolute Gasteiger partial charge is 0.281 e. The highest BCUT2D eigenvalue weighted by Gasteiger charge is 2.48. The maximum atomic E-state index is 12.2. The molecule has 0 aromatic carbocycles. The van der Waals surface area contributed by atoms with E-state index in [0.717, 1.165) is 19.5 Å². The van der Waals surface area contributed by atoms with Crippen LogP contribution >= 0.6 is 0 Å². The van der Waals surface area contributed by atoms with E-state index in [1.54, 1.807) is 18.4 Å². The Morgan fingerprint density at radius 3 is 2.62 bits per heavy atom. The standard InChI is InChI=1S/C10H21N3O2S/c1-4-10-9-6-11-5-8(9)7-13(10)16(14,15)12(2)3/h8-11H,4-7H2,1-3H3. The highest BCUT2D eigenvalue weighted by atomic mass is 32.2. The van der Waals surface area contributed by atoms with Crippen molar-refractivity contribution in [2.45, 2.75) is 19.4 Å². The molecule has 0 radical (unpaired) electrons. The van der Waals surface area contributed by atoms with Crippen LogP contribution in [0.5, 0.6) is 0 Å². The van der Waals surface area contributed by atoms with Crippen LogP contribution in [0, 0.1) is 11.8 Å². The fraction of sp³-hybridized carbons (Fsp3) is 1.00. The first-order valence-electron chi connectivity index (χ1n) is 5.88. The van der Waals surface area contributed by atoms with Gasteiger partial charge in [-0.3, -0.25) is 0 Å². The van der Waals surface area contributed by atoms with E-state index in [-0.39, 0.29) is 6.04 Å². The summed E-state index contributed by atoms with van der Waals surface area (Å²) < 4.78 is 27.4. The monoisotopic (exact) mass is 247 g/mol. The van der Waals surface area contributed by atoms with Gasteiger partial charge in [-0.15, -0.1) is 0 Å². The third-order valence-corrected chi connectivity index (χ3v) is 5.78. The molecule has 16 heavy (non-hydrogen) atoms. The van der Waals surface area contributed by atoms with Crippen LogP contribution in [0.25, 0.3) is 0 Å². The average Bonchev–Trinajstić information content (AvgIpc) is 2.75. The molecule has 2 rings (SSSR count). The Bertz CT molecular complexity index is 355. The molecule has 0 aromatic heterocycles. The van der Waals surface area contributed by atoms with E-state index in [9.17, 15) is 8.42 Å². The van der Waals surface area contributed by atoms with Crippen molar-refractivity contribution in [3.63, 3.8) is 0 Å². The van der Waals surface area contributed by atoms with Crippen molar-refractivity contribution >= 4 is 10.2 Å². The van der Waals surface area contributed by atoms with Gasteiger partial charge in [0.05, 0.1) is 0 Å². The highest BCUT2D eigenvalue weighted by Crippen LogP contribution is 2.36. The number of nitrogens with one attached hydrogen (secondary N) is 1. The van der Waals surface area contributed by atoms with E-state index in [1.165, 1.54) is 4.31 Å². The summed E-state index contributed by atoms with van der Waals surface area (Å²) in [6.45, 7) is 4.67. The minimum atomic E-state index is -3.24. The molecule has 2 aliphatic rings. The maximum Gasteiger partial charge on any atom is 0.281 e. The predicted octanol–water partition coefficient (Wildman–Crippen LogP) is -0.277. The van der Waals surface area contributed by atoms with Gasteiger partial charge >= 0.3 is 0 Å². The summed E-state index contributed by atoms with van der Waals surface area (Å²) >= 11 is 0. The molecule has 3 atom stereocenters. The molecule has 2 aliphatic heterocycles. The molecular weight excluding hydrogens is 226 g/mol. The van der Waals surface area contributed by atoms with Crippen molar-refractivity contribution in [2.24, 2.45) is 11.8 Å². The van der Waals surface area contributed by atoms with Crippen LogP contribution in [0.15, 0.2) is 0 Å². The lowest BCUT2D eigenvalue weighted by Gasteiger charge is -2.28. The van der Waals surface area contributed by atoms with E-state index in [0.29, 0.717) is 18.4 Å². The fourth-order valence-corrected chi connectivity index (χ4v) is 4.41. The zero-order valence-corrected chi connectivity index (χ0v) is 11.0. The summed E-state index contributed by atoms with van der Waals surface area (Å²) in [6, 6.07) is 0.174. The Kier molecular flexibility index (Phi) is 3.27. The number of rotatable bonds is 3. The molecule has 0 aliphatic carbocycles. The first kappa shape index (κ1) is 12.3. The van der Waals surface area contributed by atoms with E-state index in [4.69, 9.17) is 0 Å². The molecule has 0 bridgehead atoms. The van der Waals surface area contributed by atoms with E-state index in [2.05, 4.69) is 12.2 Å². The van der Waals surface area contributed by atoms with Crippen molar-refractivity contribution in [3.8, 4) is 0 Å². The van der Waals surface area contributed by atoms with Crippen molar-refractivity contribution in [1.29, 1.82) is 0 Å². The lowest BCUT2D eigenvalue weighted by Crippen LogP contribution is -2.45. The average molecular weight is 247 g/mol. The van der Waals surface area contributed by atoms with Crippen molar-refractivity contribution < 1.29 is 8.42 Å². The third-order valence-electron chi connectivity index (χ3n) is 3.85. The quantitative estimate of drug-likeness (QED) is 0.746. The van der Waals surface area contributed by atoms with Gasteiger partial charge in [-0.25, -0.2) is 0 Å². The van der Waals surface area contributed by atoms with Crippen LogP contribution in [0.3, 0.4) is 0 Å². The Morgan fingerprint density at radius 1 is 1.38 bits per heavy atom. The summed E-state index contributed by atoms with van der Waals surface area (Å²) in [7, 11) is -0.0299. The molecule has 94 valence electrons. The second kappa shape index (κ2) is 4.25. The number of hydrogen-bond donors (Lipinski definition) is 1. The predicted molar refractivity (Wildman–Crippen MR) is 63.2 cm³/mol. The topological polar surface area (TPSA) is 52.7 Å². The van der Waals surface area contributed by atoms with Crippen molar-refractivity contribution in [1.82, 2.24) is 13.9 Å². The summed E-state index contributed by atoms with van der Waals surface area (Å²) in [5.74, 6) is 0.999. The second-order valence-electron chi connectivity index (χ2n) is 4.92. The number of fused-ring (bicyclic) bond motifs is 1. The summed E-state index contributed by atoms with van der Waals surface area (Å²) in [5.41, 5.74) is 0. The van der Waals surface area contributed by atoms with Crippen LogP contribution < -0.4 is 5.32 Å². The van der Waals surface area contributed by atoms with Crippen molar-refractivity contribution in [3.05, 3.63) is 0 Å². The molecule has 0 spiro atoms. The number of nitrogens with zero attached hydrogens (tertiary/aromatic N) is 2. The van der Waals surface area contributed by atoms with Gasteiger partial charge in [0.25, 0.3) is 10.2 Å². The van der Waals surface area contributed by atoms with Gasteiger partial charge in [-0.05, 0) is 31.3 Å². The zero-order valence-electron chi connectivity index (χ0n) is 10.2. The minimum Gasteiger partial charge on any atom is -0.316 e. The molecular formula is C10H21N3O2S. The van der Waals surface area contributed by atoms with E-state index in [1.807, 2.05) is 0 Å². The normalized spacial score (nSPS) is 35.9. The van der Waals surface area contributed by atoms with Crippen LogP contribution in [0.4, 0.5) is 0 Å². The zero-order chi connectivity index (χ0) is 11.9. The fourth-order valence-electron chi connectivity index (χ4n) is 2.97. The third kappa shape index (κ3) is 1.77. The largest absolute Gasteiger partial charge is 0.316 e. The van der Waals surface area contributed by atoms with Crippen LogP contribution in [-0.4, -0.2) is 56.8 Å². The van der Waals surface area contributed by atoms with Gasteiger partial charge in [-0.2, -0.15) is 17.0 Å². The Morgan fingerprint density at radius 2 is 2.06 bits per heavy atom. The van der Waals surface area contributed by atoms with Gasteiger partial charge < -0.3 is 5.32 Å². The first-order chi connectivity index (χ1) is 7.48. The highest BCUT2D eigenvalue weighted by molar-refractivity contribution is 7.86. The molecule has 3 unspecified atom stereocenters. The number of hydrogen-bond acceptors (Lipinski definition) is 3. The molecule has 2 saturated heterocycles. The Labute approximate surface area is 98.0 Å². The van der Waals surface area contributed by atoms with Gasteiger partial charge in [0.2, 0.25) is 0 Å². The van der Waals surface area contributed by atoms with E-state index < -0.39 is 10.2 Å². The Balaban J connectivity index is 2.24. The van der Waals surface area contributed by atoms with Crippen LogP contribution in [0.1, 0.15) is 13.3 Å². The first-order valence-corrected chi connectivity index (χ1v) is 7.28. The molecule has 0 aromatic rings. The SMILES string of the molecule is CCC1C2CNCC2CN1S(=O)(=O)N(C)C. The molecule has 6 heteroatoms. The van der Waals surface area contributed by atoms with Crippen molar-refractivity contribution in [2.75, 3.05) is 33.7 Å². The van der Waals surface area contributed by atoms with Gasteiger partial charge in [0, 0.05) is 26.7 Å². The molecule has 5 nitrogen and oxygen atoms in total. The maximum absolute atomic E-state index is 12.2. The van der Waals surface area contributed by atoms with E-state index >= 15 is 0 Å².